The Kier molecular flexibility index (Phi) is 4.16. The number of fused-ring (bicyclic) bond motifs is 2. The second-order valence-corrected chi connectivity index (χ2v) is 8.22. The van der Waals surface area contributed by atoms with Crippen LogP contribution in [0, 0.1) is 5.92 Å². The number of amides is 1. The number of hydrogen-bond donors (Lipinski definition) is 1. The van der Waals surface area contributed by atoms with Crippen LogP contribution < -0.4 is 4.90 Å². The first-order valence-electron chi connectivity index (χ1n) is 9.93. The number of nitrogens with one attached hydrogen (secondary N) is 1. The Morgan fingerprint density at radius 1 is 1.36 bits per heavy atom. The molecule has 1 amide bonds. The van der Waals surface area contributed by atoms with Crippen LogP contribution in [-0.2, 0) is 11.2 Å². The van der Waals surface area contributed by atoms with Crippen LogP contribution in [0.15, 0.2) is 43.0 Å². The molecule has 6 nitrogen and oxygen atoms in total. The predicted octanol–water partition coefficient (Wildman–Crippen LogP) is 2.97. The van der Waals surface area contributed by atoms with Gasteiger partial charge in [-0.2, -0.15) is 0 Å². The molecule has 2 aliphatic rings. The minimum Gasteiger partial charge on any atom is -0.361 e. The molecule has 1 saturated heterocycles. The molecular weight excluding hydrogens is 350 g/mol. The second kappa shape index (κ2) is 6.71. The van der Waals surface area contributed by atoms with Gasteiger partial charge < -0.3 is 9.88 Å². The summed E-state index contributed by atoms with van der Waals surface area (Å²) in [5, 5.41) is 1.40. The van der Waals surface area contributed by atoms with Gasteiger partial charge in [-0.25, -0.2) is 4.98 Å². The number of benzene rings is 1. The molecule has 0 unspecified atom stereocenters. The molecule has 2 aromatic heterocycles. The maximum absolute atomic E-state index is 12.9. The first-order chi connectivity index (χ1) is 13.6. The molecule has 144 valence electrons. The SMILES string of the molecule is CN(C(=O)C[C@@H]1C[C@@H]2c3cccc4[nH]cc(c34)C[C@H]2N(C)C1)c1cnccn1. The van der Waals surface area contributed by atoms with E-state index in [9.17, 15) is 4.79 Å². The summed E-state index contributed by atoms with van der Waals surface area (Å²) in [5.74, 6) is 1.53. The largest absolute Gasteiger partial charge is 0.361 e. The summed E-state index contributed by atoms with van der Waals surface area (Å²) in [7, 11) is 3.99. The quantitative estimate of drug-likeness (QED) is 0.764. The molecule has 3 aromatic rings. The van der Waals surface area contributed by atoms with Crippen molar-refractivity contribution in [3.05, 3.63) is 54.1 Å². The lowest BCUT2D eigenvalue weighted by Crippen LogP contribution is -2.48. The van der Waals surface area contributed by atoms with Gasteiger partial charge >= 0.3 is 0 Å². The third kappa shape index (κ3) is 2.79. The highest BCUT2D eigenvalue weighted by Gasteiger charge is 2.40. The zero-order chi connectivity index (χ0) is 19.3. The Balaban J connectivity index is 1.38. The number of rotatable bonds is 3. The molecule has 0 saturated carbocycles. The molecule has 6 heteroatoms. The summed E-state index contributed by atoms with van der Waals surface area (Å²) >= 11 is 0. The van der Waals surface area contributed by atoms with Crippen molar-refractivity contribution >= 4 is 22.6 Å². The molecule has 28 heavy (non-hydrogen) atoms. The average Bonchev–Trinajstić information content (AvgIpc) is 3.13. The maximum atomic E-state index is 12.9. The molecule has 3 atom stereocenters. The van der Waals surface area contributed by atoms with E-state index in [0.29, 0.717) is 30.1 Å². The summed E-state index contributed by atoms with van der Waals surface area (Å²) in [6.45, 7) is 0.955. The number of piperidine rings is 1. The van der Waals surface area contributed by atoms with Gasteiger partial charge in [-0.1, -0.05) is 12.1 Å². The Hall–Kier alpha value is -2.73. The van der Waals surface area contributed by atoms with Gasteiger partial charge in [0, 0.05) is 61.5 Å². The number of carbonyl (C=O) groups excluding carboxylic acids is 1. The van der Waals surface area contributed by atoms with Crippen molar-refractivity contribution in [1.29, 1.82) is 0 Å². The van der Waals surface area contributed by atoms with Crippen molar-refractivity contribution < 1.29 is 4.79 Å². The fourth-order valence-corrected chi connectivity index (χ4v) is 5.18. The molecule has 0 spiro atoms. The topological polar surface area (TPSA) is 65.1 Å². The van der Waals surface area contributed by atoms with Gasteiger partial charge in [-0.15, -0.1) is 0 Å². The van der Waals surface area contributed by atoms with Gasteiger partial charge in [0.2, 0.25) is 5.91 Å². The van der Waals surface area contributed by atoms with Crippen LogP contribution in [0.25, 0.3) is 10.9 Å². The van der Waals surface area contributed by atoms with Crippen molar-refractivity contribution in [3.8, 4) is 0 Å². The first kappa shape index (κ1) is 17.4. The molecule has 5 rings (SSSR count). The van der Waals surface area contributed by atoms with Crippen molar-refractivity contribution in [1.82, 2.24) is 19.9 Å². The highest BCUT2D eigenvalue weighted by molar-refractivity contribution is 5.92. The second-order valence-electron chi connectivity index (χ2n) is 8.22. The minimum absolute atomic E-state index is 0.105. The maximum Gasteiger partial charge on any atom is 0.228 e. The molecule has 1 aliphatic heterocycles. The normalized spacial score (nSPS) is 24.1. The van der Waals surface area contributed by atoms with Crippen LogP contribution in [0.1, 0.15) is 29.9 Å². The first-order valence-corrected chi connectivity index (χ1v) is 9.93. The third-order valence-electron chi connectivity index (χ3n) is 6.54. The summed E-state index contributed by atoms with van der Waals surface area (Å²) in [6.07, 6.45) is 9.72. The van der Waals surface area contributed by atoms with Crippen molar-refractivity contribution in [3.63, 3.8) is 0 Å². The number of nitrogens with zero attached hydrogens (tertiary/aromatic N) is 4. The van der Waals surface area contributed by atoms with Crippen LogP contribution in [-0.4, -0.2) is 52.4 Å². The molecule has 1 aliphatic carbocycles. The monoisotopic (exact) mass is 375 g/mol. The van der Waals surface area contributed by atoms with E-state index in [0.717, 1.165) is 19.4 Å². The zero-order valence-electron chi connectivity index (χ0n) is 16.3. The van der Waals surface area contributed by atoms with Gasteiger partial charge in [0.25, 0.3) is 0 Å². The van der Waals surface area contributed by atoms with E-state index >= 15 is 0 Å². The van der Waals surface area contributed by atoms with Gasteiger partial charge in [0.1, 0.15) is 0 Å². The summed E-state index contributed by atoms with van der Waals surface area (Å²) in [5.41, 5.74) is 4.10. The lowest BCUT2D eigenvalue weighted by Gasteiger charge is -2.45. The minimum atomic E-state index is 0.105. The lowest BCUT2D eigenvalue weighted by atomic mass is 9.72. The Labute approximate surface area is 164 Å². The highest BCUT2D eigenvalue weighted by atomic mass is 16.2. The van der Waals surface area contributed by atoms with Crippen LogP contribution in [0.2, 0.25) is 0 Å². The fourth-order valence-electron chi connectivity index (χ4n) is 5.18. The number of aromatic nitrogens is 3. The van der Waals surface area contributed by atoms with E-state index in [2.05, 4.69) is 51.3 Å². The number of hydrogen-bond acceptors (Lipinski definition) is 4. The van der Waals surface area contributed by atoms with Crippen LogP contribution in [0.5, 0.6) is 0 Å². The zero-order valence-corrected chi connectivity index (χ0v) is 16.3. The van der Waals surface area contributed by atoms with Crippen molar-refractivity contribution in [2.24, 2.45) is 5.92 Å². The van der Waals surface area contributed by atoms with E-state index < -0.39 is 0 Å². The van der Waals surface area contributed by atoms with Gasteiger partial charge in [-0.3, -0.25) is 14.7 Å². The number of anilines is 1. The number of carbonyl (C=O) groups is 1. The predicted molar refractivity (Wildman–Crippen MR) is 109 cm³/mol. The van der Waals surface area contributed by atoms with Crippen LogP contribution >= 0.6 is 0 Å². The van der Waals surface area contributed by atoms with E-state index in [1.807, 2.05) is 0 Å². The van der Waals surface area contributed by atoms with E-state index in [1.54, 1.807) is 30.5 Å². The third-order valence-corrected chi connectivity index (χ3v) is 6.54. The molecule has 0 bridgehead atoms. The number of likely N-dealkylation sites (tertiary alicyclic amines) is 1. The molecule has 1 fully saturated rings. The fraction of sp³-hybridized carbons (Fsp3) is 0.409. The van der Waals surface area contributed by atoms with E-state index in [1.165, 1.54) is 22.0 Å². The Bertz CT molecular complexity index is 1010. The van der Waals surface area contributed by atoms with Gasteiger partial charge in [-0.05, 0) is 43.0 Å². The average molecular weight is 375 g/mol. The Morgan fingerprint density at radius 3 is 3.07 bits per heavy atom. The van der Waals surface area contributed by atoms with Gasteiger partial charge in [0.05, 0.1) is 6.20 Å². The van der Waals surface area contributed by atoms with Crippen LogP contribution in [0.3, 0.4) is 0 Å². The molecule has 1 N–H and O–H groups in total. The van der Waals surface area contributed by atoms with Gasteiger partial charge in [0.15, 0.2) is 5.82 Å². The summed E-state index contributed by atoms with van der Waals surface area (Å²) < 4.78 is 0. The molecule has 0 radical (unpaired) electrons. The van der Waals surface area contributed by atoms with Crippen molar-refractivity contribution in [2.75, 3.05) is 25.5 Å². The number of likely N-dealkylation sites (N-methyl/N-ethyl adjacent to an activating group) is 1. The van der Waals surface area contributed by atoms with E-state index in [4.69, 9.17) is 0 Å². The highest BCUT2D eigenvalue weighted by Crippen LogP contribution is 2.44. The number of aromatic amines is 1. The summed E-state index contributed by atoms with van der Waals surface area (Å²) in [6, 6.07) is 7.10. The smallest absolute Gasteiger partial charge is 0.228 e. The molecular formula is C22H25N5O. The number of H-pyrrole nitrogens is 1. The standard InChI is InChI=1S/C22H25N5O/c1-26-13-14(9-21(28)27(2)20-12-23-6-7-24-20)8-17-16-4-3-5-18-22(16)15(11-25-18)10-19(17)26/h3-7,11-12,14,17,19,25H,8-10,13H2,1-2H3/t14-,17+,19+/m0/s1. The molecule has 3 heterocycles. The summed E-state index contributed by atoms with van der Waals surface area (Å²) in [4.78, 5) is 28.7. The molecule has 1 aromatic carbocycles. The lowest BCUT2D eigenvalue weighted by molar-refractivity contribution is -0.119. The van der Waals surface area contributed by atoms with Crippen LogP contribution in [0.4, 0.5) is 5.82 Å². The van der Waals surface area contributed by atoms with E-state index in [-0.39, 0.29) is 5.91 Å². The van der Waals surface area contributed by atoms with Crippen molar-refractivity contribution in [2.45, 2.75) is 31.2 Å². The Morgan fingerprint density at radius 2 is 2.25 bits per heavy atom.